The average Bonchev–Trinajstić information content (AvgIpc) is 2.70. The smallest absolute Gasteiger partial charge is 0.416 e. The monoisotopic (exact) mass is 456 g/mol. The van der Waals surface area contributed by atoms with Gasteiger partial charge in [0, 0.05) is 25.9 Å². The molecular weight excluding hydrogens is 437 g/mol. The topological polar surface area (TPSA) is 92.8 Å². The lowest BCUT2D eigenvalue weighted by Gasteiger charge is -2.12. The summed E-state index contributed by atoms with van der Waals surface area (Å²) in [6.45, 7) is -0.638. The molecule has 0 bridgehead atoms. The maximum Gasteiger partial charge on any atom is 0.416 e. The number of carbonyl (C=O) groups is 2. The van der Waals surface area contributed by atoms with E-state index in [0.717, 1.165) is 22.5 Å². The first-order valence-corrected chi connectivity index (χ1v) is 10.2. The molecule has 0 fully saturated rings. The minimum absolute atomic E-state index is 0.0215. The van der Waals surface area contributed by atoms with E-state index in [0.29, 0.717) is 5.56 Å². The van der Waals surface area contributed by atoms with Crippen LogP contribution in [-0.4, -0.2) is 45.3 Å². The molecule has 2 rings (SSSR count). The predicted molar refractivity (Wildman–Crippen MR) is 107 cm³/mol. The van der Waals surface area contributed by atoms with Gasteiger partial charge in [-0.25, -0.2) is 17.5 Å². The molecule has 2 aromatic rings. The maximum atomic E-state index is 12.5. The minimum Gasteiger partial charge on any atom is -0.452 e. The van der Waals surface area contributed by atoms with Crippen LogP contribution in [0.25, 0.3) is 6.08 Å². The molecule has 0 radical (unpaired) electrons. The van der Waals surface area contributed by atoms with Gasteiger partial charge < -0.3 is 10.1 Å². The van der Waals surface area contributed by atoms with E-state index in [1.54, 1.807) is 0 Å². The summed E-state index contributed by atoms with van der Waals surface area (Å²) >= 11 is 0. The van der Waals surface area contributed by atoms with Crippen LogP contribution in [0.1, 0.15) is 11.1 Å². The Morgan fingerprint density at radius 3 is 2.32 bits per heavy atom. The number of hydrogen-bond acceptors (Lipinski definition) is 5. The fourth-order valence-corrected chi connectivity index (χ4v) is 3.22. The van der Waals surface area contributed by atoms with Crippen LogP contribution in [0.3, 0.4) is 0 Å². The van der Waals surface area contributed by atoms with Crippen molar-refractivity contribution in [2.24, 2.45) is 0 Å². The zero-order valence-electron chi connectivity index (χ0n) is 16.5. The van der Waals surface area contributed by atoms with Crippen molar-refractivity contribution in [1.29, 1.82) is 0 Å². The summed E-state index contributed by atoms with van der Waals surface area (Å²) in [6, 6.07) is 9.69. The van der Waals surface area contributed by atoms with Crippen LogP contribution < -0.4 is 5.32 Å². The number of nitrogens with one attached hydrogen (secondary N) is 1. The molecule has 0 atom stereocenters. The molecule has 1 N–H and O–H groups in total. The van der Waals surface area contributed by atoms with Gasteiger partial charge in [0.05, 0.1) is 10.5 Å². The van der Waals surface area contributed by atoms with E-state index in [1.165, 1.54) is 56.6 Å². The van der Waals surface area contributed by atoms with Gasteiger partial charge in [0.15, 0.2) is 6.61 Å². The number of benzene rings is 2. The molecule has 31 heavy (non-hydrogen) atoms. The van der Waals surface area contributed by atoms with Gasteiger partial charge >= 0.3 is 12.1 Å². The summed E-state index contributed by atoms with van der Waals surface area (Å²) in [4.78, 5) is 23.6. The third-order valence-electron chi connectivity index (χ3n) is 3.89. The molecule has 0 aliphatic rings. The van der Waals surface area contributed by atoms with Gasteiger partial charge in [-0.2, -0.15) is 13.2 Å². The quantitative estimate of drug-likeness (QED) is 0.511. The highest BCUT2D eigenvalue weighted by molar-refractivity contribution is 7.89. The number of nitrogens with zero attached hydrogens (tertiary/aromatic N) is 1. The van der Waals surface area contributed by atoms with Crippen molar-refractivity contribution >= 4 is 33.7 Å². The lowest BCUT2D eigenvalue weighted by molar-refractivity contribution is -0.142. The minimum atomic E-state index is -4.45. The number of ether oxygens (including phenoxy) is 1. The highest BCUT2D eigenvalue weighted by Crippen LogP contribution is 2.29. The average molecular weight is 456 g/mol. The molecule has 1 amide bonds. The Kier molecular flexibility index (Phi) is 7.58. The van der Waals surface area contributed by atoms with Crippen molar-refractivity contribution in [2.75, 3.05) is 26.0 Å². The van der Waals surface area contributed by atoms with E-state index in [9.17, 15) is 31.2 Å². The van der Waals surface area contributed by atoms with Crippen LogP contribution in [0.15, 0.2) is 59.5 Å². The number of sulfonamides is 1. The second kappa shape index (κ2) is 9.75. The zero-order chi connectivity index (χ0) is 23.2. The van der Waals surface area contributed by atoms with Crippen LogP contribution in [0.5, 0.6) is 0 Å². The zero-order valence-corrected chi connectivity index (χ0v) is 17.3. The van der Waals surface area contributed by atoms with E-state index >= 15 is 0 Å². The summed E-state index contributed by atoms with van der Waals surface area (Å²) in [5, 5.41) is 2.41. The maximum absolute atomic E-state index is 12.5. The summed E-state index contributed by atoms with van der Waals surface area (Å²) in [6.07, 6.45) is -2.24. The second-order valence-corrected chi connectivity index (χ2v) is 8.58. The van der Waals surface area contributed by atoms with E-state index in [4.69, 9.17) is 4.74 Å². The molecular formula is C20H19F3N2O5S. The van der Waals surface area contributed by atoms with E-state index in [-0.39, 0.29) is 10.6 Å². The van der Waals surface area contributed by atoms with Gasteiger partial charge in [-0.05, 0) is 42.0 Å². The Morgan fingerprint density at radius 1 is 1.10 bits per heavy atom. The first-order chi connectivity index (χ1) is 14.4. The largest absolute Gasteiger partial charge is 0.452 e. The van der Waals surface area contributed by atoms with Crippen LogP contribution in [-0.2, 0) is 30.5 Å². The van der Waals surface area contributed by atoms with E-state index in [1.807, 2.05) is 0 Å². The molecule has 0 saturated heterocycles. The van der Waals surface area contributed by atoms with Gasteiger partial charge in [-0.1, -0.05) is 18.2 Å². The first kappa shape index (κ1) is 24.1. The molecule has 11 heteroatoms. The number of hydrogen-bond donors (Lipinski definition) is 1. The van der Waals surface area contributed by atoms with Gasteiger partial charge in [0.25, 0.3) is 5.91 Å². The highest BCUT2D eigenvalue weighted by atomic mass is 32.2. The Labute approximate surface area is 177 Å². The highest BCUT2D eigenvalue weighted by Gasteiger charge is 2.29. The van der Waals surface area contributed by atoms with E-state index in [2.05, 4.69) is 5.32 Å². The number of amides is 1. The molecule has 2 aromatic carbocycles. The van der Waals surface area contributed by atoms with Crippen molar-refractivity contribution in [2.45, 2.75) is 11.1 Å². The Hall–Kier alpha value is -3.18. The fourth-order valence-electron chi connectivity index (χ4n) is 2.27. The van der Waals surface area contributed by atoms with Gasteiger partial charge in [-0.3, -0.25) is 4.79 Å². The first-order valence-electron chi connectivity index (χ1n) is 8.74. The van der Waals surface area contributed by atoms with Crippen molar-refractivity contribution in [3.8, 4) is 0 Å². The second-order valence-electron chi connectivity index (χ2n) is 6.42. The lowest BCUT2D eigenvalue weighted by Crippen LogP contribution is -2.23. The Balaban J connectivity index is 1.90. The van der Waals surface area contributed by atoms with Crippen LogP contribution in [0.4, 0.5) is 18.9 Å². The molecule has 0 aromatic heterocycles. The van der Waals surface area contributed by atoms with Crippen LogP contribution >= 0.6 is 0 Å². The standard InChI is InChI=1S/C20H19F3N2O5S/c1-25(2)31(28,29)17-5-3-4-16(12-17)24-18(26)13-30-19(27)11-8-14-6-9-15(10-7-14)20(21,22)23/h3-12H,13H2,1-2H3,(H,24,26)/b11-8+. The fraction of sp³-hybridized carbons (Fsp3) is 0.200. The Bertz CT molecular complexity index is 1080. The van der Waals surface area contributed by atoms with Crippen molar-refractivity contribution < 1.29 is 35.9 Å². The van der Waals surface area contributed by atoms with Crippen molar-refractivity contribution in [1.82, 2.24) is 4.31 Å². The number of anilines is 1. The molecule has 0 heterocycles. The summed E-state index contributed by atoms with van der Waals surface area (Å²) in [5.74, 6) is -1.57. The van der Waals surface area contributed by atoms with Gasteiger partial charge in [0.2, 0.25) is 10.0 Å². The van der Waals surface area contributed by atoms with Crippen LogP contribution in [0.2, 0.25) is 0 Å². The molecule has 166 valence electrons. The third-order valence-corrected chi connectivity index (χ3v) is 5.70. The number of esters is 1. The number of carbonyl (C=O) groups excluding carboxylic acids is 2. The van der Waals surface area contributed by atoms with Gasteiger partial charge in [0.1, 0.15) is 0 Å². The molecule has 0 unspecified atom stereocenters. The normalized spacial score (nSPS) is 12.2. The summed E-state index contributed by atoms with van der Waals surface area (Å²) in [5.41, 5.74) is -0.274. The third kappa shape index (κ3) is 6.93. The molecule has 0 spiro atoms. The molecule has 0 aliphatic carbocycles. The van der Waals surface area contributed by atoms with Crippen molar-refractivity contribution in [3.63, 3.8) is 0 Å². The lowest BCUT2D eigenvalue weighted by atomic mass is 10.1. The predicted octanol–water partition coefficient (Wildman–Crippen LogP) is 3.15. The van der Waals surface area contributed by atoms with Crippen LogP contribution in [0, 0.1) is 0 Å². The molecule has 0 aliphatic heterocycles. The SMILES string of the molecule is CN(C)S(=O)(=O)c1cccc(NC(=O)COC(=O)/C=C/c2ccc(C(F)(F)F)cc2)c1. The number of halogens is 3. The number of rotatable bonds is 7. The summed E-state index contributed by atoms with van der Waals surface area (Å²) < 4.78 is 67.6. The summed E-state index contributed by atoms with van der Waals surface area (Å²) in [7, 11) is -0.934. The van der Waals surface area contributed by atoms with Crippen molar-refractivity contribution in [3.05, 3.63) is 65.7 Å². The van der Waals surface area contributed by atoms with Gasteiger partial charge in [-0.15, -0.1) is 0 Å². The molecule has 0 saturated carbocycles. The number of alkyl halides is 3. The molecule has 7 nitrogen and oxygen atoms in total. The van der Waals surface area contributed by atoms with E-state index < -0.39 is 40.2 Å². The Morgan fingerprint density at radius 2 is 1.74 bits per heavy atom.